The van der Waals surface area contributed by atoms with Gasteiger partial charge in [-0.25, -0.2) is 0 Å². The summed E-state index contributed by atoms with van der Waals surface area (Å²) in [5.74, 6) is 1.41. The zero-order valence-corrected chi connectivity index (χ0v) is 17.7. The third kappa shape index (κ3) is 4.06. The van der Waals surface area contributed by atoms with E-state index in [-0.39, 0.29) is 5.91 Å². The van der Waals surface area contributed by atoms with Gasteiger partial charge in [0.25, 0.3) is 0 Å². The van der Waals surface area contributed by atoms with E-state index in [2.05, 4.69) is 5.32 Å². The van der Waals surface area contributed by atoms with E-state index >= 15 is 0 Å². The highest BCUT2D eigenvalue weighted by molar-refractivity contribution is 6.00. The van der Waals surface area contributed by atoms with E-state index in [1.54, 1.807) is 26.6 Å². The van der Waals surface area contributed by atoms with Crippen LogP contribution in [-0.4, -0.2) is 26.2 Å². The average Bonchev–Trinajstić information content (AvgIpc) is 3.42. The van der Waals surface area contributed by atoms with Crippen LogP contribution in [0, 0.1) is 0 Å². The first-order valence-electron chi connectivity index (χ1n) is 10.3. The molecule has 5 nitrogen and oxygen atoms in total. The molecule has 1 aliphatic rings. The zero-order chi connectivity index (χ0) is 21.1. The van der Waals surface area contributed by atoms with Gasteiger partial charge in [-0.1, -0.05) is 25.0 Å². The first-order valence-corrected chi connectivity index (χ1v) is 10.3. The number of carbonyl (C=O) groups is 1. The van der Waals surface area contributed by atoms with Crippen molar-refractivity contribution in [2.24, 2.45) is 0 Å². The molecule has 0 spiro atoms. The molecule has 1 aliphatic carbocycles. The van der Waals surface area contributed by atoms with Gasteiger partial charge in [0.2, 0.25) is 5.91 Å². The van der Waals surface area contributed by atoms with E-state index in [1.165, 1.54) is 12.8 Å². The summed E-state index contributed by atoms with van der Waals surface area (Å²) in [5, 5.41) is 4.07. The molecule has 0 bridgehead atoms. The first-order chi connectivity index (χ1) is 14.6. The summed E-state index contributed by atoms with van der Waals surface area (Å²) >= 11 is 0. The van der Waals surface area contributed by atoms with Crippen molar-refractivity contribution >= 4 is 22.4 Å². The summed E-state index contributed by atoms with van der Waals surface area (Å²) in [6.07, 6.45) is 7.90. The van der Waals surface area contributed by atoms with Crippen LogP contribution >= 0.6 is 0 Å². The Labute approximate surface area is 176 Å². The second-order valence-corrected chi connectivity index (χ2v) is 7.75. The van der Waals surface area contributed by atoms with Crippen LogP contribution in [0.2, 0.25) is 0 Å². The number of hydrogen-bond donors (Lipinski definition) is 1. The Bertz CT molecular complexity index is 1090. The number of rotatable bonds is 6. The molecule has 1 heterocycles. The summed E-state index contributed by atoms with van der Waals surface area (Å²) in [5.41, 5.74) is 4.43. The van der Waals surface area contributed by atoms with Gasteiger partial charge in [-0.05, 0) is 49.1 Å². The zero-order valence-electron chi connectivity index (χ0n) is 17.7. The molecule has 1 amide bonds. The highest BCUT2D eigenvalue weighted by Crippen LogP contribution is 2.38. The van der Waals surface area contributed by atoms with Crippen molar-refractivity contribution in [1.29, 1.82) is 0 Å². The lowest BCUT2D eigenvalue weighted by Crippen LogP contribution is -2.31. The predicted octanol–water partition coefficient (Wildman–Crippen LogP) is 5.58. The first kappa shape index (κ1) is 20.1. The molecule has 1 N–H and O–H groups in total. The molecule has 2 aromatic carbocycles. The van der Waals surface area contributed by atoms with Crippen molar-refractivity contribution in [3.63, 3.8) is 0 Å². The highest BCUT2D eigenvalue weighted by Gasteiger charge is 2.18. The molecule has 5 heteroatoms. The SMILES string of the molecule is COc1cccc(-c2coc3cc(OC)c(/C(C)=C/C(=O)NC4CCCC4)cc23)c1. The largest absolute Gasteiger partial charge is 0.497 e. The second kappa shape index (κ2) is 8.66. The van der Waals surface area contributed by atoms with Gasteiger partial charge in [-0.3, -0.25) is 4.79 Å². The molecule has 0 aliphatic heterocycles. The molecule has 1 aromatic heterocycles. The van der Waals surface area contributed by atoms with Gasteiger partial charge >= 0.3 is 0 Å². The number of methoxy groups -OCH3 is 2. The summed E-state index contributed by atoms with van der Waals surface area (Å²) in [4.78, 5) is 12.5. The molecule has 4 rings (SSSR count). The van der Waals surface area contributed by atoms with Crippen LogP contribution in [0.5, 0.6) is 11.5 Å². The van der Waals surface area contributed by atoms with Crippen molar-refractivity contribution in [1.82, 2.24) is 5.32 Å². The number of carbonyl (C=O) groups excluding carboxylic acids is 1. The molecule has 0 saturated heterocycles. The fourth-order valence-electron chi connectivity index (χ4n) is 4.13. The minimum absolute atomic E-state index is 0.0539. The fraction of sp³-hybridized carbons (Fsp3) is 0.320. The maximum Gasteiger partial charge on any atom is 0.244 e. The van der Waals surface area contributed by atoms with Crippen molar-refractivity contribution in [3.05, 3.63) is 54.3 Å². The van der Waals surface area contributed by atoms with Crippen molar-refractivity contribution in [2.75, 3.05) is 14.2 Å². The normalized spacial score (nSPS) is 14.8. The van der Waals surface area contributed by atoms with Gasteiger partial charge in [0, 0.05) is 34.7 Å². The van der Waals surface area contributed by atoms with Crippen LogP contribution in [-0.2, 0) is 4.79 Å². The standard InChI is InChI=1S/C25H27NO4/c1-16(11-25(27)26-18-8-4-5-9-18)20-13-21-22(15-30-24(21)14-23(20)29-3)17-7-6-10-19(12-17)28-2/h6-7,10-15,18H,4-5,8-9H2,1-3H3,(H,26,27)/b16-11+. The number of nitrogens with one attached hydrogen (secondary N) is 1. The number of hydrogen-bond acceptors (Lipinski definition) is 4. The molecule has 1 fully saturated rings. The lowest BCUT2D eigenvalue weighted by molar-refractivity contribution is -0.117. The Balaban J connectivity index is 1.71. The minimum atomic E-state index is -0.0539. The molecule has 156 valence electrons. The summed E-state index contributed by atoms with van der Waals surface area (Å²) in [6.45, 7) is 1.93. The van der Waals surface area contributed by atoms with E-state index in [0.717, 1.165) is 51.8 Å². The van der Waals surface area contributed by atoms with Crippen LogP contribution < -0.4 is 14.8 Å². The van der Waals surface area contributed by atoms with Crippen molar-refractivity contribution in [2.45, 2.75) is 38.6 Å². The van der Waals surface area contributed by atoms with Gasteiger partial charge < -0.3 is 19.2 Å². The van der Waals surface area contributed by atoms with Crippen LogP contribution in [0.1, 0.15) is 38.2 Å². The van der Waals surface area contributed by atoms with Gasteiger partial charge in [0.05, 0.1) is 20.5 Å². The predicted molar refractivity (Wildman–Crippen MR) is 119 cm³/mol. The molecular weight excluding hydrogens is 378 g/mol. The molecular formula is C25H27NO4. The Morgan fingerprint density at radius 3 is 2.67 bits per heavy atom. The summed E-state index contributed by atoms with van der Waals surface area (Å²) in [7, 11) is 3.28. The molecule has 30 heavy (non-hydrogen) atoms. The van der Waals surface area contributed by atoms with Gasteiger partial charge in [0.15, 0.2) is 0 Å². The number of fused-ring (bicyclic) bond motifs is 1. The van der Waals surface area contributed by atoms with Gasteiger partial charge in [-0.15, -0.1) is 0 Å². The van der Waals surface area contributed by atoms with Crippen LogP contribution in [0.25, 0.3) is 27.7 Å². The van der Waals surface area contributed by atoms with Crippen LogP contribution in [0.15, 0.2) is 53.2 Å². The van der Waals surface area contributed by atoms with Crippen molar-refractivity contribution in [3.8, 4) is 22.6 Å². The van der Waals surface area contributed by atoms with Crippen LogP contribution in [0.3, 0.4) is 0 Å². The fourth-order valence-corrected chi connectivity index (χ4v) is 4.13. The maximum atomic E-state index is 12.5. The minimum Gasteiger partial charge on any atom is -0.497 e. The van der Waals surface area contributed by atoms with Gasteiger partial charge in [-0.2, -0.15) is 0 Å². The number of amides is 1. The Morgan fingerprint density at radius 1 is 1.13 bits per heavy atom. The summed E-state index contributed by atoms with van der Waals surface area (Å²) in [6, 6.07) is 12.1. The smallest absolute Gasteiger partial charge is 0.244 e. The molecule has 0 atom stereocenters. The Kier molecular flexibility index (Phi) is 5.79. The number of allylic oxidation sites excluding steroid dienone is 1. The molecule has 0 unspecified atom stereocenters. The topological polar surface area (TPSA) is 60.7 Å². The van der Waals surface area contributed by atoms with E-state index in [0.29, 0.717) is 11.8 Å². The lowest BCUT2D eigenvalue weighted by Gasteiger charge is -2.12. The Hall–Kier alpha value is -3.21. The van der Waals surface area contributed by atoms with Crippen LogP contribution in [0.4, 0.5) is 0 Å². The van der Waals surface area contributed by atoms with Crippen molar-refractivity contribution < 1.29 is 18.7 Å². The molecule has 1 saturated carbocycles. The monoisotopic (exact) mass is 405 g/mol. The second-order valence-electron chi connectivity index (χ2n) is 7.75. The van der Waals surface area contributed by atoms with E-state index in [9.17, 15) is 4.79 Å². The van der Waals surface area contributed by atoms with Gasteiger partial charge in [0.1, 0.15) is 17.1 Å². The van der Waals surface area contributed by atoms with E-state index in [1.807, 2.05) is 43.3 Å². The molecule has 0 radical (unpaired) electrons. The third-order valence-electron chi connectivity index (χ3n) is 5.75. The number of ether oxygens (including phenoxy) is 2. The third-order valence-corrected chi connectivity index (χ3v) is 5.75. The number of furan rings is 1. The lowest BCUT2D eigenvalue weighted by atomic mass is 9.99. The highest BCUT2D eigenvalue weighted by atomic mass is 16.5. The quantitative estimate of drug-likeness (QED) is 0.544. The Morgan fingerprint density at radius 2 is 1.93 bits per heavy atom. The van der Waals surface area contributed by atoms with E-state index in [4.69, 9.17) is 13.9 Å². The number of benzene rings is 2. The van der Waals surface area contributed by atoms with E-state index < -0.39 is 0 Å². The average molecular weight is 405 g/mol. The summed E-state index contributed by atoms with van der Waals surface area (Å²) < 4.78 is 16.8. The molecule has 3 aromatic rings. The maximum absolute atomic E-state index is 12.5.